The van der Waals surface area contributed by atoms with Gasteiger partial charge in [-0.25, -0.2) is 34.3 Å². The van der Waals surface area contributed by atoms with Crippen LogP contribution in [-0.2, 0) is 9.59 Å². The molecular formula is C34H34ClFN12O2. The van der Waals surface area contributed by atoms with Crippen LogP contribution in [0.2, 0.25) is 5.02 Å². The van der Waals surface area contributed by atoms with Gasteiger partial charge in [0.15, 0.2) is 11.6 Å². The number of rotatable bonds is 6. The lowest BCUT2D eigenvalue weighted by Crippen LogP contribution is -2.38. The minimum absolute atomic E-state index is 0.0146. The van der Waals surface area contributed by atoms with Crippen LogP contribution in [0, 0.1) is 5.82 Å². The molecule has 14 nitrogen and oxygen atoms in total. The Morgan fingerprint density at radius 2 is 1.22 bits per heavy atom. The third-order valence-corrected chi connectivity index (χ3v) is 8.71. The topological polar surface area (TPSA) is 191 Å². The summed E-state index contributed by atoms with van der Waals surface area (Å²) in [4.78, 5) is 56.2. The maximum atomic E-state index is 13.5. The third kappa shape index (κ3) is 7.47. The van der Waals surface area contributed by atoms with Crippen LogP contribution in [0.4, 0.5) is 16.0 Å². The number of carbonyl (C=O) groups excluding carboxylic acids is 2. The van der Waals surface area contributed by atoms with Crippen molar-refractivity contribution in [2.75, 3.05) is 23.7 Å². The standard InChI is InChI=1S/C17H17ClN6O.C17H17FN6O/c2*18-10-7-11-12(9-22-15(11)21-8-10)16-19-6-4-14(24-16)23-13-3-1-2-5-20-17(13)25/h2*4,6-9,13H,1-3,5H2,(H,20,25)(H,21,22)(H,19,23,24)/t2*13-/m00/s1. The molecule has 0 spiro atoms. The van der Waals surface area contributed by atoms with Gasteiger partial charge in [0, 0.05) is 66.0 Å². The number of hydrogen-bond acceptors (Lipinski definition) is 10. The van der Waals surface area contributed by atoms with Gasteiger partial charge < -0.3 is 31.2 Å². The van der Waals surface area contributed by atoms with Gasteiger partial charge in [0.25, 0.3) is 0 Å². The van der Waals surface area contributed by atoms with Crippen LogP contribution in [0.25, 0.3) is 44.8 Å². The van der Waals surface area contributed by atoms with Gasteiger partial charge in [-0.1, -0.05) is 11.6 Å². The van der Waals surface area contributed by atoms with E-state index in [1.54, 1.807) is 36.9 Å². The van der Waals surface area contributed by atoms with E-state index in [-0.39, 0.29) is 23.9 Å². The van der Waals surface area contributed by atoms with Gasteiger partial charge in [-0.2, -0.15) is 0 Å². The van der Waals surface area contributed by atoms with Crippen LogP contribution >= 0.6 is 11.6 Å². The summed E-state index contributed by atoms with van der Waals surface area (Å²) >= 11 is 6.05. The van der Waals surface area contributed by atoms with E-state index < -0.39 is 5.82 Å². The first-order valence-corrected chi connectivity index (χ1v) is 16.8. The molecule has 0 saturated carbocycles. The molecule has 2 amide bonds. The monoisotopic (exact) mass is 696 g/mol. The lowest BCUT2D eigenvalue weighted by atomic mass is 10.1. The maximum absolute atomic E-state index is 13.5. The SMILES string of the molecule is O=C1NCCCC[C@@H]1Nc1ccnc(-c2c[nH]c3ncc(Cl)cc23)n1.O=C1NCCCC[C@@H]1Nc1ccnc(-c2c[nH]c3ncc(F)cc23)n1. The number of halogens is 2. The van der Waals surface area contributed by atoms with Gasteiger partial charge in [-0.05, 0) is 62.8 Å². The second-order valence-electron chi connectivity index (χ2n) is 12.0. The van der Waals surface area contributed by atoms with Gasteiger partial charge in [0.1, 0.15) is 40.8 Å². The van der Waals surface area contributed by atoms with Crippen molar-refractivity contribution in [3.8, 4) is 22.8 Å². The normalized spacial score (nSPS) is 18.0. The van der Waals surface area contributed by atoms with Crippen LogP contribution in [0.3, 0.4) is 0 Å². The van der Waals surface area contributed by atoms with E-state index in [2.05, 4.69) is 61.1 Å². The molecule has 0 radical (unpaired) electrons. The molecule has 8 heterocycles. The fourth-order valence-corrected chi connectivity index (χ4v) is 6.13. The Hall–Kier alpha value is -5.70. The van der Waals surface area contributed by atoms with E-state index >= 15 is 0 Å². The Morgan fingerprint density at radius 1 is 0.700 bits per heavy atom. The smallest absolute Gasteiger partial charge is 0.242 e. The highest BCUT2D eigenvalue weighted by atomic mass is 35.5. The zero-order valence-electron chi connectivity index (χ0n) is 26.8. The second-order valence-corrected chi connectivity index (χ2v) is 12.4. The molecule has 0 aromatic carbocycles. The zero-order valence-corrected chi connectivity index (χ0v) is 27.6. The number of H-pyrrole nitrogens is 2. The Bertz CT molecular complexity index is 2000. The number of anilines is 2. The highest BCUT2D eigenvalue weighted by Gasteiger charge is 2.22. The lowest BCUT2D eigenvalue weighted by Gasteiger charge is -2.15. The van der Waals surface area contributed by atoms with Crippen molar-refractivity contribution in [1.29, 1.82) is 0 Å². The summed E-state index contributed by atoms with van der Waals surface area (Å²) in [6.07, 6.45) is 15.1. The lowest BCUT2D eigenvalue weighted by molar-refractivity contribution is -0.122. The highest BCUT2D eigenvalue weighted by Crippen LogP contribution is 2.28. The number of aromatic amines is 2. The molecule has 2 saturated heterocycles. The summed E-state index contributed by atoms with van der Waals surface area (Å²) in [7, 11) is 0. The van der Waals surface area contributed by atoms with E-state index in [1.807, 2.05) is 12.3 Å². The van der Waals surface area contributed by atoms with E-state index in [9.17, 15) is 14.0 Å². The van der Waals surface area contributed by atoms with Gasteiger partial charge in [-0.15, -0.1) is 0 Å². The molecule has 6 N–H and O–H groups in total. The molecule has 2 atom stereocenters. The van der Waals surface area contributed by atoms with E-state index in [0.29, 0.717) is 51.4 Å². The average molecular weight is 697 g/mol. The molecule has 0 aliphatic carbocycles. The fourth-order valence-electron chi connectivity index (χ4n) is 5.97. The predicted octanol–water partition coefficient (Wildman–Crippen LogP) is 4.99. The van der Waals surface area contributed by atoms with Gasteiger partial charge >= 0.3 is 0 Å². The first kappa shape index (κ1) is 32.8. The Balaban J connectivity index is 0.000000157. The number of carbonyl (C=O) groups is 2. The van der Waals surface area contributed by atoms with Crippen LogP contribution in [0.5, 0.6) is 0 Å². The molecule has 6 aromatic heterocycles. The summed E-state index contributed by atoms with van der Waals surface area (Å²) in [5.74, 6) is 1.75. The number of aromatic nitrogens is 8. The van der Waals surface area contributed by atoms with Crippen molar-refractivity contribution in [2.24, 2.45) is 0 Å². The summed E-state index contributed by atoms with van der Waals surface area (Å²) in [5.41, 5.74) is 2.78. The molecular weight excluding hydrogens is 663 g/mol. The molecule has 16 heteroatoms. The van der Waals surface area contributed by atoms with Gasteiger partial charge in [-0.3, -0.25) is 9.59 Å². The third-order valence-electron chi connectivity index (χ3n) is 8.50. The molecule has 2 fully saturated rings. The molecule has 0 bridgehead atoms. The zero-order chi connectivity index (χ0) is 34.5. The van der Waals surface area contributed by atoms with Crippen LogP contribution < -0.4 is 21.3 Å². The van der Waals surface area contributed by atoms with Crippen LogP contribution in [0.1, 0.15) is 38.5 Å². The minimum atomic E-state index is -0.419. The molecule has 0 unspecified atom stereocenters. The number of fused-ring (bicyclic) bond motifs is 2. The van der Waals surface area contributed by atoms with Crippen LogP contribution in [-0.4, -0.2) is 76.9 Å². The quantitative estimate of drug-likeness (QED) is 0.138. The van der Waals surface area contributed by atoms with Crippen LogP contribution in [0.15, 0.2) is 61.4 Å². The fraction of sp³-hybridized carbons (Fsp3) is 0.294. The van der Waals surface area contributed by atoms with E-state index in [0.717, 1.165) is 67.9 Å². The van der Waals surface area contributed by atoms with Gasteiger partial charge in [0.2, 0.25) is 11.8 Å². The number of hydrogen-bond donors (Lipinski definition) is 6. The molecule has 50 heavy (non-hydrogen) atoms. The molecule has 2 aliphatic heterocycles. The first-order chi connectivity index (χ1) is 24.4. The first-order valence-electron chi connectivity index (χ1n) is 16.4. The number of pyridine rings is 2. The van der Waals surface area contributed by atoms with Crippen molar-refractivity contribution in [2.45, 2.75) is 50.6 Å². The average Bonchev–Trinajstić information content (AvgIpc) is 3.61. The van der Waals surface area contributed by atoms with Crippen molar-refractivity contribution in [1.82, 2.24) is 50.5 Å². The van der Waals surface area contributed by atoms with E-state index in [4.69, 9.17) is 11.6 Å². The summed E-state index contributed by atoms with van der Waals surface area (Å²) in [6.45, 7) is 1.44. The Morgan fingerprint density at radius 3 is 1.78 bits per heavy atom. The second kappa shape index (κ2) is 14.8. The van der Waals surface area contributed by atoms with Gasteiger partial charge in [0.05, 0.1) is 11.2 Å². The highest BCUT2D eigenvalue weighted by molar-refractivity contribution is 6.31. The molecule has 256 valence electrons. The Labute approximate surface area is 290 Å². The van der Waals surface area contributed by atoms with Crippen molar-refractivity contribution in [3.05, 3.63) is 72.3 Å². The summed E-state index contributed by atoms with van der Waals surface area (Å²) in [5, 5.41) is 14.2. The van der Waals surface area contributed by atoms with E-state index in [1.165, 1.54) is 6.07 Å². The molecule has 2 aliphatic rings. The predicted molar refractivity (Wildman–Crippen MR) is 188 cm³/mol. The molecule has 8 rings (SSSR count). The summed E-state index contributed by atoms with van der Waals surface area (Å²) in [6, 6.07) is 6.13. The van der Waals surface area contributed by atoms with Crippen molar-refractivity contribution < 1.29 is 14.0 Å². The number of amides is 2. The number of nitrogens with one attached hydrogen (secondary N) is 6. The summed E-state index contributed by atoms with van der Waals surface area (Å²) < 4.78 is 13.5. The maximum Gasteiger partial charge on any atom is 0.242 e. The number of nitrogens with zero attached hydrogens (tertiary/aromatic N) is 6. The Kier molecular flexibility index (Phi) is 9.73. The molecule has 6 aromatic rings. The van der Waals surface area contributed by atoms with Crippen molar-refractivity contribution in [3.63, 3.8) is 0 Å². The largest absolute Gasteiger partial charge is 0.358 e. The van der Waals surface area contributed by atoms with Crippen molar-refractivity contribution >= 4 is 57.1 Å². The minimum Gasteiger partial charge on any atom is -0.358 e.